The number of rotatable bonds is 2. The lowest BCUT2D eigenvalue weighted by atomic mass is 9.95. The number of amides is 1. The monoisotopic (exact) mass is 383 g/mol. The van der Waals surface area contributed by atoms with E-state index in [9.17, 15) is 13.6 Å². The molecule has 4 rings (SSSR count). The van der Waals surface area contributed by atoms with Crippen molar-refractivity contribution < 1.29 is 13.6 Å². The van der Waals surface area contributed by atoms with Gasteiger partial charge in [0.2, 0.25) is 0 Å². The normalized spacial score (nSPS) is 17.5. The first-order valence-electron chi connectivity index (χ1n) is 8.51. The molecule has 0 saturated carbocycles. The van der Waals surface area contributed by atoms with E-state index in [2.05, 4.69) is 20.1 Å². The van der Waals surface area contributed by atoms with Crippen LogP contribution in [0.3, 0.4) is 0 Å². The number of nitrogens with zero attached hydrogens (tertiary/aromatic N) is 4. The molecule has 0 bridgehead atoms. The fourth-order valence-corrected chi connectivity index (χ4v) is 3.60. The van der Waals surface area contributed by atoms with Gasteiger partial charge in [-0.2, -0.15) is 0 Å². The molecule has 1 N–H and O–H groups in total. The molecule has 1 aromatic heterocycles. The van der Waals surface area contributed by atoms with E-state index in [0.717, 1.165) is 50.2 Å². The number of carbonyl (C=O) groups is 1. The Balaban J connectivity index is 0.00000196. The predicted molar refractivity (Wildman–Crippen MR) is 93.2 cm³/mol. The minimum atomic E-state index is -1.08. The summed E-state index contributed by atoms with van der Waals surface area (Å²) < 4.78 is 29.3. The van der Waals surface area contributed by atoms with Crippen LogP contribution in [0.15, 0.2) is 18.2 Å². The largest absolute Gasteiger partial charge is 0.339 e. The predicted octanol–water partition coefficient (Wildman–Crippen LogP) is 2.10. The minimum Gasteiger partial charge on any atom is -0.339 e. The highest BCUT2D eigenvalue weighted by Gasteiger charge is 2.30. The van der Waals surface area contributed by atoms with Gasteiger partial charge in [-0.25, -0.2) is 8.78 Å². The molecule has 1 saturated heterocycles. The lowest BCUT2D eigenvalue weighted by Gasteiger charge is -2.32. The Bertz CT molecular complexity index is 804. The lowest BCUT2D eigenvalue weighted by Crippen LogP contribution is -2.39. The fourth-order valence-electron chi connectivity index (χ4n) is 3.60. The van der Waals surface area contributed by atoms with E-state index in [1.165, 1.54) is 12.1 Å². The second-order valence-electron chi connectivity index (χ2n) is 6.47. The van der Waals surface area contributed by atoms with Crippen molar-refractivity contribution in [3.8, 4) is 0 Å². The van der Waals surface area contributed by atoms with Gasteiger partial charge in [0.25, 0.3) is 5.91 Å². The van der Waals surface area contributed by atoms with Crippen LogP contribution in [0.1, 0.15) is 40.8 Å². The van der Waals surface area contributed by atoms with Crippen LogP contribution in [0.4, 0.5) is 8.78 Å². The molecular formula is C17H20ClF2N5O. The zero-order valence-electron chi connectivity index (χ0n) is 14.1. The highest BCUT2D eigenvalue weighted by molar-refractivity contribution is 5.94. The van der Waals surface area contributed by atoms with Crippen LogP contribution in [0.25, 0.3) is 0 Å². The molecule has 0 spiro atoms. The summed E-state index contributed by atoms with van der Waals surface area (Å²) in [5.41, 5.74) is -0.204. The molecule has 6 nitrogen and oxygen atoms in total. The zero-order valence-corrected chi connectivity index (χ0v) is 14.9. The van der Waals surface area contributed by atoms with Crippen molar-refractivity contribution in [1.82, 2.24) is 25.0 Å². The van der Waals surface area contributed by atoms with Gasteiger partial charge in [0.05, 0.1) is 12.1 Å². The Kier molecular flexibility index (Phi) is 5.52. The second-order valence-corrected chi connectivity index (χ2v) is 6.47. The molecule has 9 heteroatoms. The molecule has 1 aromatic carbocycles. The maximum absolute atomic E-state index is 13.8. The summed E-state index contributed by atoms with van der Waals surface area (Å²) in [7, 11) is 0. The van der Waals surface area contributed by atoms with E-state index in [-0.39, 0.29) is 23.9 Å². The van der Waals surface area contributed by atoms with Gasteiger partial charge in [-0.3, -0.25) is 4.79 Å². The average molecular weight is 384 g/mol. The Labute approximate surface area is 156 Å². The summed E-state index contributed by atoms with van der Waals surface area (Å²) in [6.45, 7) is 3.47. The maximum Gasteiger partial charge on any atom is 0.256 e. The smallest absolute Gasteiger partial charge is 0.256 e. The zero-order chi connectivity index (χ0) is 17.4. The number of nitrogens with one attached hydrogen (secondary N) is 1. The van der Waals surface area contributed by atoms with Crippen molar-refractivity contribution in [2.45, 2.75) is 31.8 Å². The molecule has 2 aliphatic heterocycles. The van der Waals surface area contributed by atoms with E-state index in [1.807, 2.05) is 0 Å². The van der Waals surface area contributed by atoms with Crippen LogP contribution in [-0.4, -0.2) is 45.2 Å². The number of aromatic nitrogens is 3. The van der Waals surface area contributed by atoms with Gasteiger partial charge in [0.1, 0.15) is 11.6 Å². The molecule has 0 radical (unpaired) electrons. The Morgan fingerprint density at radius 2 is 1.92 bits per heavy atom. The number of fused-ring (bicyclic) bond motifs is 1. The van der Waals surface area contributed by atoms with Crippen molar-refractivity contribution in [1.29, 1.82) is 0 Å². The summed E-state index contributed by atoms with van der Waals surface area (Å²) in [6, 6.07) is 3.70. The number of hydrogen-bond acceptors (Lipinski definition) is 4. The number of likely N-dealkylation sites (tertiary alicyclic amines) is 1. The van der Waals surface area contributed by atoms with Gasteiger partial charge in [-0.05, 0) is 25.0 Å². The van der Waals surface area contributed by atoms with E-state index >= 15 is 0 Å². The molecule has 0 atom stereocenters. The number of carbonyl (C=O) groups excluding carboxylic acids is 1. The highest BCUT2D eigenvalue weighted by atomic mass is 35.5. The van der Waals surface area contributed by atoms with Gasteiger partial charge in [-0.15, -0.1) is 22.6 Å². The molecule has 1 amide bonds. The average Bonchev–Trinajstić information content (AvgIpc) is 3.08. The maximum atomic E-state index is 13.8. The number of benzene rings is 1. The third-order valence-corrected chi connectivity index (χ3v) is 4.98. The molecular weight excluding hydrogens is 364 g/mol. The highest BCUT2D eigenvalue weighted by Crippen LogP contribution is 2.29. The SMILES string of the molecule is Cl.O=C(c1cccc(F)c1F)N1CCC(c2nnc3n2CCNC3)CC1. The molecule has 0 aliphatic carbocycles. The quantitative estimate of drug-likeness (QED) is 0.862. The summed E-state index contributed by atoms with van der Waals surface area (Å²) in [5, 5.41) is 11.8. The van der Waals surface area contributed by atoms with Gasteiger partial charge in [0.15, 0.2) is 11.6 Å². The first kappa shape index (κ1) is 18.7. The first-order chi connectivity index (χ1) is 12.1. The van der Waals surface area contributed by atoms with Crippen molar-refractivity contribution >= 4 is 18.3 Å². The molecule has 0 unspecified atom stereocenters. The summed E-state index contributed by atoms with van der Waals surface area (Å²) in [6.07, 6.45) is 1.49. The van der Waals surface area contributed by atoms with Crippen molar-refractivity contribution in [2.24, 2.45) is 0 Å². The first-order valence-corrected chi connectivity index (χ1v) is 8.51. The van der Waals surface area contributed by atoms with E-state index in [0.29, 0.717) is 13.1 Å². The lowest BCUT2D eigenvalue weighted by molar-refractivity contribution is 0.0704. The van der Waals surface area contributed by atoms with Crippen LogP contribution in [0.2, 0.25) is 0 Å². The van der Waals surface area contributed by atoms with Crippen molar-refractivity contribution in [3.05, 3.63) is 47.0 Å². The molecule has 1 fully saturated rings. The number of hydrogen-bond donors (Lipinski definition) is 1. The Morgan fingerprint density at radius 3 is 2.69 bits per heavy atom. The van der Waals surface area contributed by atoms with E-state index in [1.54, 1.807) is 4.90 Å². The summed E-state index contributed by atoms with van der Waals surface area (Å²) in [4.78, 5) is 14.1. The van der Waals surface area contributed by atoms with E-state index < -0.39 is 17.5 Å². The third-order valence-electron chi connectivity index (χ3n) is 4.98. The van der Waals surface area contributed by atoms with Gasteiger partial charge < -0.3 is 14.8 Å². The van der Waals surface area contributed by atoms with Crippen LogP contribution in [0, 0.1) is 11.6 Å². The molecule has 2 aliphatic rings. The van der Waals surface area contributed by atoms with Crippen molar-refractivity contribution in [2.75, 3.05) is 19.6 Å². The van der Waals surface area contributed by atoms with Crippen LogP contribution >= 0.6 is 12.4 Å². The number of halogens is 3. The van der Waals surface area contributed by atoms with Crippen molar-refractivity contribution in [3.63, 3.8) is 0 Å². The van der Waals surface area contributed by atoms with Crippen LogP contribution in [-0.2, 0) is 13.1 Å². The Morgan fingerprint density at radius 1 is 1.15 bits per heavy atom. The number of piperidine rings is 1. The summed E-state index contributed by atoms with van der Waals surface area (Å²) in [5.74, 6) is -0.371. The van der Waals surface area contributed by atoms with E-state index in [4.69, 9.17) is 0 Å². The second kappa shape index (κ2) is 7.67. The third kappa shape index (κ3) is 3.31. The molecule has 140 valence electrons. The topological polar surface area (TPSA) is 63.1 Å². The minimum absolute atomic E-state index is 0. The van der Waals surface area contributed by atoms with Gasteiger partial charge in [-0.1, -0.05) is 6.07 Å². The van der Waals surface area contributed by atoms with Crippen LogP contribution < -0.4 is 5.32 Å². The molecule has 26 heavy (non-hydrogen) atoms. The Hall–Kier alpha value is -2.06. The fraction of sp³-hybridized carbons (Fsp3) is 0.471. The summed E-state index contributed by atoms with van der Waals surface area (Å²) >= 11 is 0. The standard InChI is InChI=1S/C17H19F2N5O.ClH/c18-13-3-1-2-12(15(13)19)17(25)23-7-4-11(5-8-23)16-22-21-14-10-20-6-9-24(14)16;/h1-3,11,20H,4-10H2;1H. The van der Waals surface area contributed by atoms with Gasteiger partial charge >= 0.3 is 0 Å². The van der Waals surface area contributed by atoms with Gasteiger partial charge in [0, 0.05) is 32.1 Å². The molecule has 2 aromatic rings. The van der Waals surface area contributed by atoms with Crippen LogP contribution in [0.5, 0.6) is 0 Å². The molecule has 3 heterocycles.